The number of rotatable bonds is 7. The minimum Gasteiger partial charge on any atom is -0.487 e. The lowest BCUT2D eigenvalue weighted by atomic mass is 9.99. The highest BCUT2D eigenvalue weighted by Crippen LogP contribution is 2.28. The van der Waals surface area contributed by atoms with Crippen molar-refractivity contribution >= 4 is 11.7 Å². The number of nitrogens with zero attached hydrogens (tertiary/aromatic N) is 1. The van der Waals surface area contributed by atoms with Crippen LogP contribution in [-0.2, 0) is 9.53 Å². The van der Waals surface area contributed by atoms with Crippen LogP contribution in [0.4, 0.5) is 10.1 Å². The van der Waals surface area contributed by atoms with Crippen molar-refractivity contribution in [1.82, 2.24) is 5.32 Å². The third-order valence-electron chi connectivity index (χ3n) is 3.17. The number of methoxy groups -OCH3 is 1. The van der Waals surface area contributed by atoms with E-state index in [0.717, 1.165) is 12.1 Å². The Labute approximate surface area is 121 Å². The van der Waals surface area contributed by atoms with Gasteiger partial charge >= 0.3 is 11.7 Å². The van der Waals surface area contributed by atoms with Crippen LogP contribution < -0.4 is 10.1 Å². The molecular weight excluding hydrogens is 283 g/mol. The van der Waals surface area contributed by atoms with Crippen molar-refractivity contribution in [2.24, 2.45) is 0 Å². The number of hydrogen-bond acceptors (Lipinski definition) is 6. The van der Waals surface area contributed by atoms with Crippen molar-refractivity contribution in [3.63, 3.8) is 0 Å². The monoisotopic (exact) mass is 300 g/mol. The third-order valence-corrected chi connectivity index (χ3v) is 3.17. The molecule has 0 saturated heterocycles. The number of esters is 1. The maximum atomic E-state index is 13.0. The van der Waals surface area contributed by atoms with Gasteiger partial charge in [0.25, 0.3) is 0 Å². The van der Waals surface area contributed by atoms with E-state index in [1.54, 1.807) is 14.0 Å². The van der Waals surface area contributed by atoms with E-state index in [4.69, 9.17) is 4.74 Å². The topological polar surface area (TPSA) is 90.7 Å². The molecule has 1 atom stereocenters. The van der Waals surface area contributed by atoms with Crippen LogP contribution in [0.3, 0.4) is 0 Å². The molecule has 21 heavy (non-hydrogen) atoms. The van der Waals surface area contributed by atoms with E-state index in [-0.39, 0.29) is 18.8 Å². The van der Waals surface area contributed by atoms with Gasteiger partial charge in [-0.1, -0.05) is 0 Å². The minimum atomic E-state index is -0.969. The van der Waals surface area contributed by atoms with Gasteiger partial charge in [-0.25, -0.2) is 4.39 Å². The average molecular weight is 300 g/mol. The Balaban J connectivity index is 2.76. The first-order chi connectivity index (χ1) is 9.84. The summed E-state index contributed by atoms with van der Waals surface area (Å²) in [7, 11) is 2.86. The van der Waals surface area contributed by atoms with E-state index in [9.17, 15) is 19.3 Å². The summed E-state index contributed by atoms with van der Waals surface area (Å²) in [5.74, 6) is -1.24. The normalized spacial score (nSPS) is 13.3. The largest absolute Gasteiger partial charge is 0.487 e. The SMILES string of the molecule is CNC(C)(CCOc1ccc(F)cc1[N+](=O)[O-])C(=O)OC. The molecular formula is C13H17FN2O5. The Morgan fingerprint density at radius 3 is 2.71 bits per heavy atom. The molecule has 0 aliphatic heterocycles. The van der Waals surface area contributed by atoms with E-state index < -0.39 is 27.9 Å². The van der Waals surface area contributed by atoms with Gasteiger partial charge < -0.3 is 14.8 Å². The zero-order valence-electron chi connectivity index (χ0n) is 12.0. The number of benzene rings is 1. The molecule has 1 rings (SSSR count). The third kappa shape index (κ3) is 4.12. The van der Waals surface area contributed by atoms with Crippen molar-refractivity contribution in [3.8, 4) is 5.75 Å². The lowest BCUT2D eigenvalue weighted by molar-refractivity contribution is -0.386. The summed E-state index contributed by atoms with van der Waals surface area (Å²) in [4.78, 5) is 21.7. The second kappa shape index (κ2) is 6.98. The molecule has 0 bridgehead atoms. The molecule has 0 spiro atoms. The lowest BCUT2D eigenvalue weighted by Crippen LogP contribution is -2.49. The summed E-state index contributed by atoms with van der Waals surface area (Å²) < 4.78 is 23.0. The minimum absolute atomic E-state index is 0.0267. The summed E-state index contributed by atoms with van der Waals surface area (Å²) in [6.07, 6.45) is 0.227. The van der Waals surface area contributed by atoms with E-state index in [2.05, 4.69) is 10.1 Å². The standard InChI is InChI=1S/C13H17FN2O5/c1-13(15-2,12(17)20-3)6-7-21-11-5-4-9(14)8-10(11)16(18)19/h4-5,8,15H,6-7H2,1-3H3. The fourth-order valence-electron chi connectivity index (χ4n) is 1.67. The van der Waals surface area contributed by atoms with Crippen LogP contribution in [0, 0.1) is 15.9 Å². The first kappa shape index (κ1) is 16.8. The van der Waals surface area contributed by atoms with Gasteiger partial charge in [0.05, 0.1) is 24.7 Å². The molecule has 0 fully saturated rings. The molecule has 1 N–H and O–H groups in total. The number of carbonyl (C=O) groups excluding carboxylic acids is 1. The van der Waals surface area contributed by atoms with Crippen molar-refractivity contribution in [1.29, 1.82) is 0 Å². The molecule has 7 nitrogen and oxygen atoms in total. The Hall–Kier alpha value is -2.22. The van der Waals surface area contributed by atoms with Crippen molar-refractivity contribution < 1.29 is 23.6 Å². The van der Waals surface area contributed by atoms with Crippen molar-refractivity contribution in [2.45, 2.75) is 18.9 Å². The quantitative estimate of drug-likeness (QED) is 0.468. The maximum Gasteiger partial charge on any atom is 0.325 e. The van der Waals surface area contributed by atoms with Gasteiger partial charge in [0, 0.05) is 6.42 Å². The van der Waals surface area contributed by atoms with Crippen LogP contribution in [0.1, 0.15) is 13.3 Å². The molecule has 0 saturated carbocycles. The molecule has 1 unspecified atom stereocenters. The number of halogens is 1. The average Bonchev–Trinajstić information content (AvgIpc) is 2.47. The van der Waals surface area contributed by atoms with Crippen LogP contribution in [0.15, 0.2) is 18.2 Å². The van der Waals surface area contributed by atoms with E-state index >= 15 is 0 Å². The number of nitrogens with one attached hydrogen (secondary N) is 1. The summed E-state index contributed by atoms with van der Waals surface area (Å²) in [5, 5.41) is 13.6. The summed E-state index contributed by atoms with van der Waals surface area (Å²) >= 11 is 0. The molecule has 8 heteroatoms. The molecule has 0 aromatic heterocycles. The van der Waals surface area contributed by atoms with Crippen LogP contribution in [0.5, 0.6) is 5.75 Å². The van der Waals surface area contributed by atoms with Crippen LogP contribution in [-0.4, -0.2) is 37.2 Å². The lowest BCUT2D eigenvalue weighted by Gasteiger charge is -2.25. The molecule has 0 aliphatic carbocycles. The molecule has 1 aromatic carbocycles. The van der Waals surface area contributed by atoms with Crippen molar-refractivity contribution in [3.05, 3.63) is 34.1 Å². The molecule has 0 amide bonds. The molecule has 0 aliphatic rings. The van der Waals surface area contributed by atoms with Crippen molar-refractivity contribution in [2.75, 3.05) is 20.8 Å². The number of hydrogen-bond donors (Lipinski definition) is 1. The van der Waals surface area contributed by atoms with Gasteiger partial charge in [-0.05, 0) is 26.1 Å². The fourth-order valence-corrected chi connectivity index (χ4v) is 1.67. The molecule has 1 aromatic rings. The van der Waals surface area contributed by atoms with Gasteiger partial charge in [0.1, 0.15) is 11.4 Å². The molecule has 116 valence electrons. The second-order valence-electron chi connectivity index (χ2n) is 4.54. The Morgan fingerprint density at radius 2 is 2.19 bits per heavy atom. The summed E-state index contributed by atoms with van der Waals surface area (Å²) in [6, 6.07) is 3.04. The zero-order valence-corrected chi connectivity index (χ0v) is 12.0. The Kier molecular flexibility index (Phi) is 5.60. The number of nitro groups is 1. The summed E-state index contributed by atoms with van der Waals surface area (Å²) in [5.41, 5.74) is -1.43. The highest BCUT2D eigenvalue weighted by Gasteiger charge is 2.32. The number of nitro benzene ring substituents is 1. The molecule has 0 heterocycles. The predicted octanol–water partition coefficient (Wildman–Crippen LogP) is 1.65. The van der Waals surface area contributed by atoms with Gasteiger partial charge in [-0.15, -0.1) is 0 Å². The highest BCUT2D eigenvalue weighted by atomic mass is 19.1. The van der Waals surface area contributed by atoms with Gasteiger partial charge in [-0.3, -0.25) is 14.9 Å². The van der Waals surface area contributed by atoms with Crippen LogP contribution in [0.2, 0.25) is 0 Å². The maximum absolute atomic E-state index is 13.0. The first-order valence-electron chi connectivity index (χ1n) is 6.18. The van der Waals surface area contributed by atoms with E-state index in [1.807, 2.05) is 0 Å². The summed E-state index contributed by atoms with van der Waals surface area (Å²) in [6.45, 7) is 1.65. The second-order valence-corrected chi connectivity index (χ2v) is 4.54. The van der Waals surface area contributed by atoms with Gasteiger partial charge in [-0.2, -0.15) is 0 Å². The van der Waals surface area contributed by atoms with Crippen LogP contribution >= 0.6 is 0 Å². The highest BCUT2D eigenvalue weighted by molar-refractivity contribution is 5.80. The number of carbonyl (C=O) groups is 1. The predicted molar refractivity (Wildman–Crippen MR) is 72.6 cm³/mol. The van der Waals surface area contributed by atoms with Crippen LogP contribution in [0.25, 0.3) is 0 Å². The van der Waals surface area contributed by atoms with E-state index in [1.165, 1.54) is 13.2 Å². The number of likely N-dealkylation sites (N-methyl/N-ethyl adjacent to an activating group) is 1. The Morgan fingerprint density at radius 1 is 1.52 bits per heavy atom. The number of ether oxygens (including phenoxy) is 2. The molecule has 0 radical (unpaired) electrons. The van der Waals surface area contributed by atoms with Gasteiger partial charge in [0.15, 0.2) is 5.75 Å². The first-order valence-corrected chi connectivity index (χ1v) is 6.18. The smallest absolute Gasteiger partial charge is 0.325 e. The van der Waals surface area contributed by atoms with E-state index in [0.29, 0.717) is 0 Å². The van der Waals surface area contributed by atoms with Gasteiger partial charge in [0.2, 0.25) is 0 Å². The fraction of sp³-hybridized carbons (Fsp3) is 0.462. The Bertz CT molecular complexity index is 537. The zero-order chi connectivity index (χ0) is 16.0.